The molecule has 0 amide bonds. The average Bonchev–Trinajstić information content (AvgIpc) is 3.13. The van der Waals surface area contributed by atoms with Gasteiger partial charge in [0.25, 0.3) is 5.56 Å². The van der Waals surface area contributed by atoms with Crippen LogP contribution in [0.25, 0.3) is 11.2 Å². The van der Waals surface area contributed by atoms with E-state index in [1.165, 1.54) is 23.2 Å². The highest BCUT2D eigenvalue weighted by Crippen LogP contribution is 2.19. The molecule has 0 saturated heterocycles. The predicted molar refractivity (Wildman–Crippen MR) is 115 cm³/mol. The smallest absolute Gasteiger partial charge is 0.332 e. The summed E-state index contributed by atoms with van der Waals surface area (Å²) in [6.45, 7) is 0.397. The van der Waals surface area contributed by atoms with Crippen LogP contribution >= 0.6 is 0 Å². The van der Waals surface area contributed by atoms with Crippen molar-refractivity contribution in [2.24, 2.45) is 14.1 Å². The van der Waals surface area contributed by atoms with Gasteiger partial charge in [0.05, 0.1) is 13.7 Å². The van der Waals surface area contributed by atoms with Crippen molar-refractivity contribution in [2.45, 2.75) is 19.1 Å². The van der Waals surface area contributed by atoms with Crippen LogP contribution < -0.4 is 26.0 Å². The Bertz CT molecular complexity index is 1150. The van der Waals surface area contributed by atoms with Crippen molar-refractivity contribution >= 4 is 17.1 Å². The van der Waals surface area contributed by atoms with Gasteiger partial charge in [0.15, 0.2) is 11.2 Å². The molecule has 11 nitrogen and oxygen atoms in total. The molecule has 11 heteroatoms. The molecular weight excluding hydrogens is 406 g/mol. The van der Waals surface area contributed by atoms with E-state index in [9.17, 15) is 14.7 Å². The predicted octanol–water partition coefficient (Wildman–Crippen LogP) is -0.323. The molecule has 3 rings (SSSR count). The Kier molecular flexibility index (Phi) is 6.98. The molecule has 0 aliphatic carbocycles. The fourth-order valence-electron chi connectivity index (χ4n) is 3.17. The summed E-state index contributed by atoms with van der Waals surface area (Å²) in [5.74, 6) is 1.58. The minimum atomic E-state index is -0.958. The number of aliphatic hydroxyl groups is 2. The molecule has 1 aromatic carbocycles. The number of fused-ring (bicyclic) bond motifs is 1. The lowest BCUT2D eigenvalue weighted by atomic mass is 10.3. The zero-order valence-corrected chi connectivity index (χ0v) is 17.7. The molecule has 0 aliphatic heterocycles. The third kappa shape index (κ3) is 4.72. The Labute approximate surface area is 178 Å². The number of aryl methyl sites for hydroxylation is 1. The second-order valence-electron chi connectivity index (χ2n) is 7.07. The summed E-state index contributed by atoms with van der Waals surface area (Å²) in [5, 5.41) is 22.7. The molecule has 1 atom stereocenters. The Balaban J connectivity index is 1.88. The topological polar surface area (TPSA) is 133 Å². The molecular formula is C20H27N5O6. The first-order chi connectivity index (χ1) is 14.9. The van der Waals surface area contributed by atoms with Gasteiger partial charge in [0.1, 0.15) is 24.2 Å². The fraction of sp³-hybridized carbons (Fsp3) is 0.450. The van der Waals surface area contributed by atoms with Gasteiger partial charge in [-0.2, -0.15) is 4.98 Å². The maximum atomic E-state index is 12.8. The quantitative estimate of drug-likeness (QED) is 0.371. The van der Waals surface area contributed by atoms with Crippen LogP contribution in [-0.2, 0) is 20.6 Å². The van der Waals surface area contributed by atoms with E-state index in [1.54, 1.807) is 31.4 Å². The molecule has 0 aliphatic rings. The number of methoxy groups -OCH3 is 1. The Hall–Kier alpha value is -3.31. The summed E-state index contributed by atoms with van der Waals surface area (Å²) < 4.78 is 14.6. The molecule has 31 heavy (non-hydrogen) atoms. The summed E-state index contributed by atoms with van der Waals surface area (Å²) in [6.07, 6.45) is -0.483. The van der Waals surface area contributed by atoms with Gasteiger partial charge in [0.2, 0.25) is 5.95 Å². The summed E-state index contributed by atoms with van der Waals surface area (Å²) >= 11 is 0. The number of aromatic nitrogens is 4. The fourth-order valence-corrected chi connectivity index (χ4v) is 3.17. The number of benzene rings is 1. The Morgan fingerprint density at radius 3 is 2.45 bits per heavy atom. The summed E-state index contributed by atoms with van der Waals surface area (Å²) in [4.78, 5) is 29.4. The molecule has 0 spiro atoms. The van der Waals surface area contributed by atoms with E-state index >= 15 is 0 Å². The van der Waals surface area contributed by atoms with E-state index in [-0.39, 0.29) is 30.9 Å². The number of ether oxygens (including phenoxy) is 2. The number of nitrogens with zero attached hydrogens (tertiary/aromatic N) is 4. The lowest BCUT2D eigenvalue weighted by Crippen LogP contribution is -2.38. The average molecular weight is 433 g/mol. The minimum Gasteiger partial charge on any atom is -0.497 e. The monoisotopic (exact) mass is 433 g/mol. The number of hydrogen-bond donors (Lipinski definition) is 3. The third-order valence-corrected chi connectivity index (χ3v) is 4.86. The molecule has 2 heterocycles. The van der Waals surface area contributed by atoms with Gasteiger partial charge in [-0.3, -0.25) is 13.9 Å². The lowest BCUT2D eigenvalue weighted by molar-refractivity contribution is 0.0938. The second kappa shape index (κ2) is 9.67. The third-order valence-electron chi connectivity index (χ3n) is 4.86. The summed E-state index contributed by atoms with van der Waals surface area (Å²) in [7, 11) is 4.49. The summed E-state index contributed by atoms with van der Waals surface area (Å²) in [5.41, 5.74) is -0.598. The molecule has 0 bridgehead atoms. The lowest BCUT2D eigenvalue weighted by Gasteiger charge is -2.16. The van der Waals surface area contributed by atoms with Crippen molar-refractivity contribution in [3.8, 4) is 11.5 Å². The number of aliphatic hydroxyl groups excluding tert-OH is 2. The zero-order valence-electron chi connectivity index (χ0n) is 17.7. The van der Waals surface area contributed by atoms with E-state index in [4.69, 9.17) is 14.6 Å². The van der Waals surface area contributed by atoms with Crippen molar-refractivity contribution in [3.63, 3.8) is 0 Å². The van der Waals surface area contributed by atoms with Gasteiger partial charge in [-0.15, -0.1) is 0 Å². The van der Waals surface area contributed by atoms with Crippen molar-refractivity contribution in [3.05, 3.63) is 45.1 Å². The maximum absolute atomic E-state index is 12.8. The number of anilines is 1. The highest BCUT2D eigenvalue weighted by molar-refractivity contribution is 5.74. The molecule has 3 aromatic rings. The van der Waals surface area contributed by atoms with E-state index < -0.39 is 17.4 Å². The van der Waals surface area contributed by atoms with Gasteiger partial charge >= 0.3 is 5.69 Å². The highest BCUT2D eigenvalue weighted by atomic mass is 16.5. The standard InChI is InChI=1S/C20H27N5O6/c1-23-17-16(18(28)24(2)20(23)29)25(19(22-17)21-9-4-10-26)11-13(27)12-31-15-7-5-14(30-3)6-8-15/h5-8,13,26-27H,4,9-12H2,1-3H3,(H,21,22). The van der Waals surface area contributed by atoms with Crippen molar-refractivity contribution < 1.29 is 19.7 Å². The van der Waals surface area contributed by atoms with Crippen molar-refractivity contribution in [1.29, 1.82) is 0 Å². The van der Waals surface area contributed by atoms with E-state index in [0.29, 0.717) is 30.4 Å². The first-order valence-corrected chi connectivity index (χ1v) is 9.83. The highest BCUT2D eigenvalue weighted by Gasteiger charge is 2.21. The van der Waals surface area contributed by atoms with Crippen LogP contribution in [0.2, 0.25) is 0 Å². The van der Waals surface area contributed by atoms with Crippen LogP contribution in [-0.4, -0.2) is 61.9 Å². The minimum absolute atomic E-state index is 0.00813. The molecule has 1 unspecified atom stereocenters. The van der Waals surface area contributed by atoms with Gasteiger partial charge in [-0.25, -0.2) is 4.79 Å². The van der Waals surface area contributed by atoms with Crippen LogP contribution in [0.4, 0.5) is 5.95 Å². The molecule has 0 fully saturated rings. The Morgan fingerprint density at radius 1 is 1.13 bits per heavy atom. The Morgan fingerprint density at radius 2 is 1.81 bits per heavy atom. The largest absolute Gasteiger partial charge is 0.497 e. The molecule has 3 N–H and O–H groups in total. The number of hydrogen-bond acceptors (Lipinski definition) is 8. The first-order valence-electron chi connectivity index (χ1n) is 9.83. The zero-order chi connectivity index (χ0) is 22.5. The second-order valence-corrected chi connectivity index (χ2v) is 7.07. The van der Waals surface area contributed by atoms with Crippen molar-refractivity contribution in [1.82, 2.24) is 18.7 Å². The normalized spacial score (nSPS) is 12.2. The molecule has 2 aromatic heterocycles. The van der Waals surface area contributed by atoms with Crippen LogP contribution in [0.1, 0.15) is 6.42 Å². The molecule has 168 valence electrons. The molecule has 0 radical (unpaired) electrons. The van der Waals surface area contributed by atoms with Crippen LogP contribution in [0, 0.1) is 0 Å². The number of nitrogens with one attached hydrogen (secondary N) is 1. The number of imidazole rings is 1. The SMILES string of the molecule is COc1ccc(OCC(O)Cn2c(NCCCO)nc3c2c(=O)n(C)c(=O)n3C)cc1. The first kappa shape index (κ1) is 22.4. The van der Waals surface area contributed by atoms with Gasteiger partial charge in [-0.1, -0.05) is 0 Å². The number of rotatable bonds is 10. The van der Waals surface area contributed by atoms with E-state index in [2.05, 4.69) is 10.3 Å². The summed E-state index contributed by atoms with van der Waals surface area (Å²) in [6, 6.07) is 6.95. The molecule has 0 saturated carbocycles. The van der Waals surface area contributed by atoms with E-state index in [1.807, 2.05) is 0 Å². The maximum Gasteiger partial charge on any atom is 0.332 e. The van der Waals surface area contributed by atoms with Crippen LogP contribution in [0.5, 0.6) is 11.5 Å². The van der Waals surface area contributed by atoms with Gasteiger partial charge in [-0.05, 0) is 30.7 Å². The van der Waals surface area contributed by atoms with Crippen LogP contribution in [0.3, 0.4) is 0 Å². The van der Waals surface area contributed by atoms with Crippen LogP contribution in [0.15, 0.2) is 33.9 Å². The van der Waals surface area contributed by atoms with Crippen molar-refractivity contribution in [2.75, 3.05) is 32.2 Å². The van der Waals surface area contributed by atoms with Gasteiger partial charge < -0.3 is 29.6 Å². The van der Waals surface area contributed by atoms with E-state index in [0.717, 1.165) is 4.57 Å². The van der Waals surface area contributed by atoms with Gasteiger partial charge in [0, 0.05) is 27.2 Å².